The van der Waals surface area contributed by atoms with Crippen LogP contribution in [0.3, 0.4) is 0 Å². The quantitative estimate of drug-likeness (QED) is 0.877. The predicted octanol–water partition coefficient (Wildman–Crippen LogP) is 3.97. The number of carbonyl (C=O) groups excluding carboxylic acids is 2. The smallest absolute Gasteiger partial charge is 0.227 e. The van der Waals surface area contributed by atoms with E-state index in [4.69, 9.17) is 23.2 Å². The number of hydrogen-bond acceptors (Lipinski definition) is 2. The van der Waals surface area contributed by atoms with Crippen LogP contribution in [-0.4, -0.2) is 18.4 Å². The predicted molar refractivity (Wildman–Crippen MR) is 99.9 cm³/mol. The minimum atomic E-state index is -0.396. The standard InChI is InChI=1S/C19H18Cl2N2O2/c1-12-4-2-5-13(8-12)10-22-19(25)14-9-17(24)23(11-14)16-7-3-6-15(20)18(16)21/h2-8,14H,9-11H2,1H3,(H,22,25). The third kappa shape index (κ3) is 3.97. The van der Waals surface area contributed by atoms with E-state index in [1.54, 1.807) is 18.2 Å². The Morgan fingerprint density at radius 3 is 2.76 bits per heavy atom. The van der Waals surface area contributed by atoms with Crippen LogP contribution in [0.2, 0.25) is 10.0 Å². The van der Waals surface area contributed by atoms with Gasteiger partial charge in [-0.25, -0.2) is 0 Å². The summed E-state index contributed by atoms with van der Waals surface area (Å²) in [4.78, 5) is 26.3. The first-order chi connectivity index (χ1) is 12.0. The van der Waals surface area contributed by atoms with Gasteiger partial charge in [0.2, 0.25) is 11.8 Å². The first kappa shape index (κ1) is 17.8. The SMILES string of the molecule is Cc1cccc(CNC(=O)C2CC(=O)N(c3cccc(Cl)c3Cl)C2)c1. The summed E-state index contributed by atoms with van der Waals surface area (Å²) in [6, 6.07) is 13.1. The van der Waals surface area contributed by atoms with Gasteiger partial charge in [0.05, 0.1) is 21.7 Å². The first-order valence-corrected chi connectivity index (χ1v) is 8.79. The summed E-state index contributed by atoms with van der Waals surface area (Å²) >= 11 is 12.2. The van der Waals surface area contributed by atoms with E-state index < -0.39 is 5.92 Å². The monoisotopic (exact) mass is 376 g/mol. The molecular weight excluding hydrogens is 359 g/mol. The van der Waals surface area contributed by atoms with Crippen molar-refractivity contribution >= 4 is 40.7 Å². The lowest BCUT2D eigenvalue weighted by Gasteiger charge is -2.18. The van der Waals surface area contributed by atoms with Gasteiger partial charge in [0.25, 0.3) is 0 Å². The zero-order chi connectivity index (χ0) is 18.0. The topological polar surface area (TPSA) is 49.4 Å². The molecule has 0 aromatic heterocycles. The lowest BCUT2D eigenvalue weighted by Crippen LogP contribution is -2.32. The van der Waals surface area contributed by atoms with E-state index >= 15 is 0 Å². The number of hydrogen-bond donors (Lipinski definition) is 1. The van der Waals surface area contributed by atoms with E-state index in [1.807, 2.05) is 31.2 Å². The maximum absolute atomic E-state index is 12.4. The Morgan fingerprint density at radius 2 is 2.00 bits per heavy atom. The molecule has 1 fully saturated rings. The van der Waals surface area contributed by atoms with Crippen molar-refractivity contribution in [3.63, 3.8) is 0 Å². The molecule has 1 N–H and O–H groups in total. The maximum atomic E-state index is 12.4. The van der Waals surface area contributed by atoms with Crippen molar-refractivity contribution in [3.05, 3.63) is 63.6 Å². The molecule has 1 unspecified atom stereocenters. The molecule has 0 aliphatic carbocycles. The number of anilines is 1. The average Bonchev–Trinajstić information content (AvgIpc) is 2.97. The van der Waals surface area contributed by atoms with Crippen molar-refractivity contribution in [1.82, 2.24) is 5.32 Å². The van der Waals surface area contributed by atoms with Crippen LogP contribution in [0, 0.1) is 12.8 Å². The van der Waals surface area contributed by atoms with Crippen LogP contribution >= 0.6 is 23.2 Å². The average molecular weight is 377 g/mol. The van der Waals surface area contributed by atoms with Crippen molar-refractivity contribution in [2.75, 3.05) is 11.4 Å². The van der Waals surface area contributed by atoms with Gasteiger partial charge in [0.1, 0.15) is 0 Å². The normalized spacial score (nSPS) is 17.0. The molecule has 1 aliphatic heterocycles. The van der Waals surface area contributed by atoms with Gasteiger partial charge in [-0.15, -0.1) is 0 Å². The van der Waals surface area contributed by atoms with E-state index in [0.717, 1.165) is 11.1 Å². The molecule has 0 bridgehead atoms. The van der Waals surface area contributed by atoms with Crippen LogP contribution in [0.25, 0.3) is 0 Å². The third-order valence-corrected chi connectivity index (χ3v) is 5.08. The number of nitrogens with one attached hydrogen (secondary N) is 1. The first-order valence-electron chi connectivity index (χ1n) is 8.03. The molecule has 2 amide bonds. The number of carbonyl (C=O) groups is 2. The van der Waals surface area contributed by atoms with Gasteiger partial charge in [-0.1, -0.05) is 59.1 Å². The molecule has 0 radical (unpaired) electrons. The number of aryl methyl sites for hydroxylation is 1. The molecule has 1 atom stereocenters. The van der Waals surface area contributed by atoms with Gasteiger partial charge in [0, 0.05) is 19.5 Å². The van der Waals surface area contributed by atoms with Gasteiger partial charge in [-0.05, 0) is 24.6 Å². The van der Waals surface area contributed by atoms with Crippen LogP contribution in [0.5, 0.6) is 0 Å². The molecule has 6 heteroatoms. The van der Waals surface area contributed by atoms with Crippen LogP contribution < -0.4 is 10.2 Å². The third-order valence-electron chi connectivity index (χ3n) is 4.27. The molecular formula is C19H18Cl2N2O2. The van der Waals surface area contributed by atoms with Crippen molar-refractivity contribution in [2.24, 2.45) is 5.92 Å². The van der Waals surface area contributed by atoms with Crippen LogP contribution in [0.15, 0.2) is 42.5 Å². The second-order valence-corrected chi connectivity index (χ2v) is 6.97. The second kappa shape index (κ2) is 7.46. The fourth-order valence-electron chi connectivity index (χ4n) is 2.97. The Morgan fingerprint density at radius 1 is 1.24 bits per heavy atom. The fraction of sp³-hybridized carbons (Fsp3) is 0.263. The van der Waals surface area contributed by atoms with E-state index in [2.05, 4.69) is 5.32 Å². The molecule has 0 saturated carbocycles. The number of rotatable bonds is 4. The molecule has 1 saturated heterocycles. The maximum Gasteiger partial charge on any atom is 0.227 e. The Balaban J connectivity index is 1.65. The van der Waals surface area contributed by atoms with Gasteiger partial charge in [-0.3, -0.25) is 9.59 Å². The highest BCUT2D eigenvalue weighted by molar-refractivity contribution is 6.44. The van der Waals surface area contributed by atoms with E-state index in [-0.39, 0.29) is 18.2 Å². The van der Waals surface area contributed by atoms with Crippen LogP contribution in [-0.2, 0) is 16.1 Å². The van der Waals surface area contributed by atoms with E-state index in [0.29, 0.717) is 28.8 Å². The van der Waals surface area contributed by atoms with Gasteiger partial charge in [0.15, 0.2) is 0 Å². The lowest BCUT2D eigenvalue weighted by molar-refractivity contribution is -0.126. The zero-order valence-electron chi connectivity index (χ0n) is 13.8. The molecule has 2 aromatic carbocycles. The minimum absolute atomic E-state index is 0.125. The number of benzene rings is 2. The molecule has 3 rings (SSSR count). The van der Waals surface area contributed by atoms with Crippen molar-refractivity contribution in [3.8, 4) is 0 Å². The number of nitrogens with zero attached hydrogens (tertiary/aromatic N) is 1. The van der Waals surface area contributed by atoms with E-state index in [1.165, 1.54) is 4.90 Å². The summed E-state index contributed by atoms with van der Waals surface area (Å²) in [5.74, 6) is -0.650. The molecule has 1 aliphatic rings. The van der Waals surface area contributed by atoms with Gasteiger partial charge < -0.3 is 10.2 Å². The van der Waals surface area contributed by atoms with Crippen LogP contribution in [0.1, 0.15) is 17.5 Å². The Labute approximate surface area is 156 Å². The highest BCUT2D eigenvalue weighted by Crippen LogP contribution is 2.35. The number of amides is 2. The summed E-state index contributed by atoms with van der Waals surface area (Å²) in [6.07, 6.45) is 0.169. The van der Waals surface area contributed by atoms with E-state index in [9.17, 15) is 9.59 Å². The zero-order valence-corrected chi connectivity index (χ0v) is 15.3. The summed E-state index contributed by atoms with van der Waals surface area (Å²) in [7, 11) is 0. The molecule has 1 heterocycles. The fourth-order valence-corrected chi connectivity index (χ4v) is 3.37. The van der Waals surface area contributed by atoms with Crippen molar-refractivity contribution < 1.29 is 9.59 Å². The summed E-state index contributed by atoms with van der Waals surface area (Å²) in [5.41, 5.74) is 2.73. The van der Waals surface area contributed by atoms with Crippen molar-refractivity contribution in [1.29, 1.82) is 0 Å². The molecule has 4 nitrogen and oxygen atoms in total. The molecule has 0 spiro atoms. The lowest BCUT2D eigenvalue weighted by atomic mass is 10.1. The molecule has 25 heavy (non-hydrogen) atoms. The Kier molecular flexibility index (Phi) is 5.30. The highest BCUT2D eigenvalue weighted by Gasteiger charge is 2.36. The van der Waals surface area contributed by atoms with Gasteiger partial charge >= 0.3 is 0 Å². The summed E-state index contributed by atoms with van der Waals surface area (Å²) in [6.45, 7) is 2.76. The highest BCUT2D eigenvalue weighted by atomic mass is 35.5. The Bertz CT molecular complexity index is 823. The second-order valence-electron chi connectivity index (χ2n) is 6.19. The minimum Gasteiger partial charge on any atom is -0.352 e. The van der Waals surface area contributed by atoms with Crippen LogP contribution in [0.4, 0.5) is 5.69 Å². The Hall–Kier alpha value is -2.04. The summed E-state index contributed by atoms with van der Waals surface area (Å²) < 4.78 is 0. The van der Waals surface area contributed by atoms with Gasteiger partial charge in [-0.2, -0.15) is 0 Å². The number of halogens is 2. The largest absolute Gasteiger partial charge is 0.352 e. The molecule has 130 valence electrons. The van der Waals surface area contributed by atoms with Crippen molar-refractivity contribution in [2.45, 2.75) is 19.9 Å². The molecule has 2 aromatic rings. The summed E-state index contributed by atoms with van der Waals surface area (Å²) in [5, 5.41) is 3.63.